The van der Waals surface area contributed by atoms with E-state index < -0.39 is 16.9 Å². The van der Waals surface area contributed by atoms with Gasteiger partial charge in [0.25, 0.3) is 0 Å². The molecular weight excluding hydrogens is 306 g/mol. The molecule has 0 saturated heterocycles. The van der Waals surface area contributed by atoms with Crippen LogP contribution < -0.4 is 0 Å². The van der Waals surface area contributed by atoms with Crippen LogP contribution in [-0.4, -0.2) is 14.3 Å². The largest absolute Gasteiger partial charge is 0.384 e. The molecule has 0 radical (unpaired) electrons. The Morgan fingerprint density at radius 3 is 2.39 bits per heavy atom. The summed E-state index contributed by atoms with van der Waals surface area (Å²) in [5.74, 6) is 0. The van der Waals surface area contributed by atoms with Crippen LogP contribution >= 0.6 is 0 Å². The molecular formula is C19H17NO2S. The van der Waals surface area contributed by atoms with E-state index in [0.29, 0.717) is 15.4 Å². The molecule has 1 aromatic heterocycles. The van der Waals surface area contributed by atoms with E-state index in [9.17, 15) is 9.32 Å². The highest BCUT2D eigenvalue weighted by atomic mass is 32.2. The Balaban J connectivity index is 2.01. The number of hydrogen-bond donors (Lipinski definition) is 1. The maximum absolute atomic E-state index is 12.9. The Morgan fingerprint density at radius 2 is 1.70 bits per heavy atom. The van der Waals surface area contributed by atoms with Crippen LogP contribution in [0.3, 0.4) is 0 Å². The van der Waals surface area contributed by atoms with Crippen molar-refractivity contribution < 1.29 is 9.32 Å². The van der Waals surface area contributed by atoms with E-state index in [2.05, 4.69) is 4.98 Å². The van der Waals surface area contributed by atoms with E-state index in [0.717, 1.165) is 11.1 Å². The fourth-order valence-electron chi connectivity index (χ4n) is 2.38. The molecule has 3 rings (SSSR count). The van der Waals surface area contributed by atoms with Gasteiger partial charge in [-0.15, -0.1) is 0 Å². The number of nitrogens with zero attached hydrogens (tertiary/aromatic N) is 1. The molecule has 1 N–H and O–H groups in total. The molecule has 0 aliphatic carbocycles. The number of aromatic nitrogens is 1. The first kappa shape index (κ1) is 15.6. The molecule has 116 valence electrons. The monoisotopic (exact) mass is 323 g/mol. The van der Waals surface area contributed by atoms with Gasteiger partial charge in [0.2, 0.25) is 0 Å². The molecule has 23 heavy (non-hydrogen) atoms. The first-order valence-electron chi connectivity index (χ1n) is 7.32. The van der Waals surface area contributed by atoms with Gasteiger partial charge in [-0.2, -0.15) is 0 Å². The third-order valence-electron chi connectivity index (χ3n) is 3.66. The lowest BCUT2D eigenvalue weighted by Crippen LogP contribution is -2.06. The van der Waals surface area contributed by atoms with Crippen LogP contribution in [0.15, 0.2) is 82.8 Å². The molecule has 0 saturated carbocycles. The van der Waals surface area contributed by atoms with E-state index in [1.807, 2.05) is 61.5 Å². The van der Waals surface area contributed by atoms with Crippen molar-refractivity contribution >= 4 is 10.8 Å². The predicted molar refractivity (Wildman–Crippen MR) is 90.6 cm³/mol. The summed E-state index contributed by atoms with van der Waals surface area (Å²) in [6.07, 6.45) is 2.35. The van der Waals surface area contributed by atoms with E-state index in [4.69, 9.17) is 0 Å². The second-order valence-corrected chi connectivity index (χ2v) is 6.76. The fourth-order valence-corrected chi connectivity index (χ4v) is 3.56. The Bertz CT molecular complexity index is 816. The molecule has 0 unspecified atom stereocenters. The number of pyridine rings is 1. The van der Waals surface area contributed by atoms with E-state index in [1.165, 1.54) is 0 Å². The van der Waals surface area contributed by atoms with Gasteiger partial charge in [-0.25, -0.2) is 4.21 Å². The third-order valence-corrected chi connectivity index (χ3v) is 5.10. The molecule has 0 amide bonds. The summed E-state index contributed by atoms with van der Waals surface area (Å²) in [4.78, 5) is 5.32. The number of aliphatic hydroxyl groups is 1. The van der Waals surface area contributed by atoms with Crippen molar-refractivity contribution in [1.29, 1.82) is 0 Å². The predicted octanol–water partition coefficient (Wildman–Crippen LogP) is 3.64. The molecule has 2 aromatic carbocycles. The van der Waals surface area contributed by atoms with Crippen molar-refractivity contribution in [1.82, 2.24) is 4.98 Å². The molecule has 0 bridgehead atoms. The second kappa shape index (κ2) is 6.86. The van der Waals surface area contributed by atoms with Crippen LogP contribution in [-0.2, 0) is 10.8 Å². The van der Waals surface area contributed by atoms with Gasteiger partial charge in [-0.1, -0.05) is 48.0 Å². The molecule has 2 atom stereocenters. The normalized spacial score (nSPS) is 13.5. The summed E-state index contributed by atoms with van der Waals surface area (Å²) in [6.45, 7) is 1.99. The zero-order valence-corrected chi connectivity index (χ0v) is 13.5. The number of benzene rings is 2. The first-order valence-corrected chi connectivity index (χ1v) is 8.47. The minimum atomic E-state index is -1.38. The zero-order chi connectivity index (χ0) is 16.2. The smallest absolute Gasteiger partial charge is 0.105 e. The molecule has 0 fully saturated rings. The van der Waals surface area contributed by atoms with Gasteiger partial charge >= 0.3 is 0 Å². The maximum Gasteiger partial charge on any atom is 0.105 e. The van der Waals surface area contributed by atoms with Gasteiger partial charge in [0.1, 0.15) is 6.10 Å². The van der Waals surface area contributed by atoms with Crippen molar-refractivity contribution in [2.45, 2.75) is 22.8 Å². The number of aryl methyl sites for hydroxylation is 1. The SMILES string of the molecule is Cc1ccc([S@@](=O)c2cnccc2[C@@H](O)c2ccccc2)cc1. The summed E-state index contributed by atoms with van der Waals surface area (Å²) in [6, 6.07) is 18.6. The lowest BCUT2D eigenvalue weighted by atomic mass is 10.0. The number of rotatable bonds is 4. The van der Waals surface area contributed by atoms with E-state index in [1.54, 1.807) is 18.5 Å². The molecule has 0 aliphatic rings. The maximum atomic E-state index is 12.9. The summed E-state index contributed by atoms with van der Waals surface area (Å²) in [5.41, 5.74) is 2.49. The number of hydrogen-bond acceptors (Lipinski definition) is 3. The zero-order valence-electron chi connectivity index (χ0n) is 12.7. The Labute approximate surface area is 138 Å². The van der Waals surface area contributed by atoms with Gasteiger partial charge in [0.05, 0.1) is 15.7 Å². The topological polar surface area (TPSA) is 50.2 Å². The lowest BCUT2D eigenvalue weighted by molar-refractivity contribution is 0.217. The highest BCUT2D eigenvalue weighted by molar-refractivity contribution is 7.85. The van der Waals surface area contributed by atoms with Crippen LogP contribution in [0.4, 0.5) is 0 Å². The molecule has 3 nitrogen and oxygen atoms in total. The van der Waals surface area contributed by atoms with Gasteiger partial charge in [0.15, 0.2) is 0 Å². The van der Waals surface area contributed by atoms with E-state index in [-0.39, 0.29) is 0 Å². The van der Waals surface area contributed by atoms with Crippen LogP contribution in [0.5, 0.6) is 0 Å². The van der Waals surface area contributed by atoms with Crippen LogP contribution in [0.2, 0.25) is 0 Å². The molecule has 4 heteroatoms. The van der Waals surface area contributed by atoms with Gasteiger partial charge < -0.3 is 5.11 Å². The second-order valence-electron chi connectivity index (χ2n) is 5.31. The van der Waals surface area contributed by atoms with Crippen molar-refractivity contribution in [2.24, 2.45) is 0 Å². The van der Waals surface area contributed by atoms with Crippen molar-refractivity contribution in [3.63, 3.8) is 0 Å². The summed E-state index contributed by atoms with van der Waals surface area (Å²) in [7, 11) is -1.38. The van der Waals surface area contributed by atoms with Crippen LogP contribution in [0, 0.1) is 6.92 Å². The molecule has 3 aromatic rings. The van der Waals surface area contributed by atoms with Gasteiger partial charge in [0, 0.05) is 22.9 Å². The summed E-state index contributed by atoms with van der Waals surface area (Å²) in [5, 5.41) is 10.7. The Kier molecular flexibility index (Phi) is 4.65. The van der Waals surface area contributed by atoms with Crippen molar-refractivity contribution in [3.05, 3.63) is 89.7 Å². The van der Waals surface area contributed by atoms with Gasteiger partial charge in [-0.3, -0.25) is 4.98 Å². The van der Waals surface area contributed by atoms with Crippen molar-refractivity contribution in [2.75, 3.05) is 0 Å². The van der Waals surface area contributed by atoms with Gasteiger partial charge in [-0.05, 0) is 30.7 Å². The average molecular weight is 323 g/mol. The first-order chi connectivity index (χ1) is 11.2. The minimum absolute atomic E-state index is 0.535. The minimum Gasteiger partial charge on any atom is -0.384 e. The Morgan fingerprint density at radius 1 is 1.00 bits per heavy atom. The lowest BCUT2D eigenvalue weighted by Gasteiger charge is -2.15. The Hall–Kier alpha value is -2.30. The quantitative estimate of drug-likeness (QED) is 0.797. The van der Waals surface area contributed by atoms with E-state index >= 15 is 0 Å². The highest BCUT2D eigenvalue weighted by Crippen LogP contribution is 2.28. The standard InChI is InChI=1S/C19H17NO2S/c1-14-7-9-16(10-8-14)23(22)18-13-20-12-11-17(18)19(21)15-5-3-2-4-6-15/h2-13,19,21H,1H3/t19-,23+/m0/s1. The molecule has 0 spiro atoms. The van der Waals surface area contributed by atoms with Crippen LogP contribution in [0.25, 0.3) is 0 Å². The van der Waals surface area contributed by atoms with Crippen LogP contribution in [0.1, 0.15) is 22.8 Å². The summed E-state index contributed by atoms with van der Waals surface area (Å²) < 4.78 is 12.9. The third kappa shape index (κ3) is 3.38. The van der Waals surface area contributed by atoms with Crippen molar-refractivity contribution in [3.8, 4) is 0 Å². The molecule has 1 heterocycles. The summed E-state index contributed by atoms with van der Waals surface area (Å²) >= 11 is 0. The molecule has 0 aliphatic heterocycles. The average Bonchev–Trinajstić information content (AvgIpc) is 2.62. The highest BCUT2D eigenvalue weighted by Gasteiger charge is 2.19. The fraction of sp³-hybridized carbons (Fsp3) is 0.105. The number of aliphatic hydroxyl groups excluding tert-OH is 1.